The van der Waals surface area contributed by atoms with Gasteiger partial charge in [-0.05, 0) is 37.0 Å². The number of ether oxygens (including phenoxy) is 1. The summed E-state index contributed by atoms with van der Waals surface area (Å²) >= 11 is 0. The summed E-state index contributed by atoms with van der Waals surface area (Å²) in [5.41, 5.74) is 2.48. The zero-order valence-electron chi connectivity index (χ0n) is 14.9. The van der Waals surface area contributed by atoms with Gasteiger partial charge < -0.3 is 10.1 Å². The van der Waals surface area contributed by atoms with Crippen molar-refractivity contribution in [2.24, 2.45) is 0 Å². The van der Waals surface area contributed by atoms with Crippen LogP contribution in [0.5, 0.6) is 5.75 Å². The van der Waals surface area contributed by atoms with E-state index in [0.29, 0.717) is 30.0 Å². The summed E-state index contributed by atoms with van der Waals surface area (Å²) in [7, 11) is 0. The molecule has 0 unspecified atom stereocenters. The van der Waals surface area contributed by atoms with Gasteiger partial charge >= 0.3 is 0 Å². The molecule has 0 heterocycles. The van der Waals surface area contributed by atoms with Crippen LogP contribution in [0.15, 0.2) is 48.5 Å². The van der Waals surface area contributed by atoms with Crippen LogP contribution in [0.2, 0.25) is 0 Å². The summed E-state index contributed by atoms with van der Waals surface area (Å²) in [6, 6.07) is 15.4. The maximum Gasteiger partial charge on any atom is 0.221 e. The Kier molecular flexibility index (Phi) is 7.20. The molecule has 0 spiro atoms. The number of ketones is 1. The molecule has 25 heavy (non-hydrogen) atoms. The van der Waals surface area contributed by atoms with Gasteiger partial charge in [0.15, 0.2) is 5.78 Å². The number of hydrogen-bond donors (Lipinski definition) is 1. The highest BCUT2D eigenvalue weighted by Gasteiger charge is 2.13. The SMILES string of the molecule is CCCC(=O)c1ccc(NC(C)=O)cc1OCCCc1ccccc1. The van der Waals surface area contributed by atoms with Gasteiger partial charge in [-0.2, -0.15) is 0 Å². The second-order valence-electron chi connectivity index (χ2n) is 6.00. The monoisotopic (exact) mass is 339 g/mol. The topological polar surface area (TPSA) is 55.4 Å². The van der Waals surface area contributed by atoms with Gasteiger partial charge in [0, 0.05) is 25.1 Å². The number of carbonyl (C=O) groups excluding carboxylic acids is 2. The molecule has 0 atom stereocenters. The highest BCUT2D eigenvalue weighted by Crippen LogP contribution is 2.25. The fourth-order valence-electron chi connectivity index (χ4n) is 2.62. The van der Waals surface area contributed by atoms with Gasteiger partial charge in [0.25, 0.3) is 0 Å². The number of amides is 1. The van der Waals surface area contributed by atoms with Crippen LogP contribution in [-0.2, 0) is 11.2 Å². The number of nitrogens with one attached hydrogen (secondary N) is 1. The van der Waals surface area contributed by atoms with E-state index in [1.54, 1.807) is 18.2 Å². The lowest BCUT2D eigenvalue weighted by atomic mass is 10.1. The van der Waals surface area contributed by atoms with Crippen molar-refractivity contribution in [3.63, 3.8) is 0 Å². The normalized spacial score (nSPS) is 10.3. The highest BCUT2D eigenvalue weighted by molar-refractivity contribution is 5.99. The fraction of sp³-hybridized carbons (Fsp3) is 0.333. The summed E-state index contributed by atoms with van der Waals surface area (Å²) in [6.45, 7) is 3.95. The molecule has 0 fully saturated rings. The number of Topliss-reactive ketones (excluding diaryl/α,β-unsaturated/α-hetero) is 1. The quantitative estimate of drug-likeness (QED) is 0.535. The zero-order chi connectivity index (χ0) is 18.1. The molecule has 0 aliphatic heterocycles. The van der Waals surface area contributed by atoms with Crippen molar-refractivity contribution < 1.29 is 14.3 Å². The van der Waals surface area contributed by atoms with Gasteiger partial charge in [0.05, 0.1) is 12.2 Å². The summed E-state index contributed by atoms with van der Waals surface area (Å²) in [5.74, 6) is 0.454. The number of aryl methyl sites for hydroxylation is 1. The number of hydrogen-bond acceptors (Lipinski definition) is 3. The molecule has 0 saturated carbocycles. The number of carbonyl (C=O) groups is 2. The van der Waals surface area contributed by atoms with Crippen molar-refractivity contribution >= 4 is 17.4 Å². The van der Waals surface area contributed by atoms with Crippen LogP contribution in [-0.4, -0.2) is 18.3 Å². The molecule has 2 aromatic carbocycles. The van der Waals surface area contributed by atoms with E-state index in [1.165, 1.54) is 12.5 Å². The first kappa shape index (κ1) is 18.7. The Bertz CT molecular complexity index is 710. The van der Waals surface area contributed by atoms with E-state index < -0.39 is 0 Å². The van der Waals surface area contributed by atoms with E-state index in [9.17, 15) is 9.59 Å². The van der Waals surface area contributed by atoms with Gasteiger partial charge in [-0.1, -0.05) is 37.3 Å². The van der Waals surface area contributed by atoms with E-state index in [1.807, 2.05) is 25.1 Å². The standard InChI is InChI=1S/C21H25NO3/c1-3-8-20(24)19-13-12-18(22-16(2)23)15-21(19)25-14-7-11-17-9-5-4-6-10-17/h4-6,9-10,12-13,15H,3,7-8,11,14H2,1-2H3,(H,22,23). The predicted molar refractivity (Wildman–Crippen MR) is 100 cm³/mol. The molecule has 0 aliphatic carbocycles. The molecular weight excluding hydrogens is 314 g/mol. The first-order valence-corrected chi connectivity index (χ1v) is 8.71. The van der Waals surface area contributed by atoms with Gasteiger partial charge in [0.2, 0.25) is 5.91 Å². The summed E-state index contributed by atoms with van der Waals surface area (Å²) < 4.78 is 5.88. The second kappa shape index (κ2) is 9.62. The molecule has 132 valence electrons. The molecule has 1 amide bonds. The third kappa shape index (κ3) is 6.07. The van der Waals surface area contributed by atoms with Crippen molar-refractivity contribution in [2.75, 3.05) is 11.9 Å². The van der Waals surface area contributed by atoms with Crippen molar-refractivity contribution in [2.45, 2.75) is 39.5 Å². The minimum atomic E-state index is -0.150. The Morgan fingerprint density at radius 1 is 1.08 bits per heavy atom. The Morgan fingerprint density at radius 2 is 1.84 bits per heavy atom. The van der Waals surface area contributed by atoms with Crippen LogP contribution in [0.4, 0.5) is 5.69 Å². The Balaban J connectivity index is 2.03. The molecule has 0 bridgehead atoms. The molecule has 0 saturated heterocycles. The van der Waals surface area contributed by atoms with E-state index in [2.05, 4.69) is 17.4 Å². The van der Waals surface area contributed by atoms with Crippen molar-refractivity contribution in [3.05, 3.63) is 59.7 Å². The average molecular weight is 339 g/mol. The second-order valence-corrected chi connectivity index (χ2v) is 6.00. The Hall–Kier alpha value is -2.62. The molecule has 0 aromatic heterocycles. The highest BCUT2D eigenvalue weighted by atomic mass is 16.5. The van der Waals surface area contributed by atoms with E-state index >= 15 is 0 Å². The summed E-state index contributed by atoms with van der Waals surface area (Å²) in [5, 5.41) is 2.73. The van der Waals surface area contributed by atoms with E-state index in [-0.39, 0.29) is 11.7 Å². The van der Waals surface area contributed by atoms with E-state index in [4.69, 9.17) is 4.74 Å². The number of rotatable bonds is 9. The van der Waals surface area contributed by atoms with Crippen LogP contribution in [0.3, 0.4) is 0 Å². The lowest BCUT2D eigenvalue weighted by Crippen LogP contribution is -2.09. The van der Waals surface area contributed by atoms with Gasteiger partial charge in [-0.25, -0.2) is 0 Å². The van der Waals surface area contributed by atoms with Crippen LogP contribution in [0.1, 0.15) is 49.0 Å². The smallest absolute Gasteiger partial charge is 0.221 e. The largest absolute Gasteiger partial charge is 0.493 e. The third-order valence-corrected chi connectivity index (χ3v) is 3.79. The van der Waals surface area contributed by atoms with Gasteiger partial charge in [-0.15, -0.1) is 0 Å². The predicted octanol–water partition coefficient (Wildman–Crippen LogP) is 4.64. The first-order valence-electron chi connectivity index (χ1n) is 8.71. The molecule has 4 nitrogen and oxygen atoms in total. The van der Waals surface area contributed by atoms with Crippen LogP contribution in [0, 0.1) is 0 Å². The maximum atomic E-state index is 12.3. The van der Waals surface area contributed by atoms with Crippen LogP contribution >= 0.6 is 0 Å². The van der Waals surface area contributed by atoms with Gasteiger partial charge in [-0.3, -0.25) is 9.59 Å². The van der Waals surface area contributed by atoms with Crippen LogP contribution in [0.25, 0.3) is 0 Å². The lowest BCUT2D eigenvalue weighted by molar-refractivity contribution is -0.114. The Labute approximate surface area is 149 Å². The van der Waals surface area contributed by atoms with E-state index in [0.717, 1.165) is 19.3 Å². The minimum absolute atomic E-state index is 0.0648. The molecule has 0 radical (unpaired) electrons. The number of anilines is 1. The summed E-state index contributed by atoms with van der Waals surface area (Å²) in [4.78, 5) is 23.5. The Morgan fingerprint density at radius 3 is 2.52 bits per heavy atom. The third-order valence-electron chi connectivity index (χ3n) is 3.79. The van der Waals surface area contributed by atoms with Gasteiger partial charge in [0.1, 0.15) is 5.75 Å². The molecular formula is C21H25NO3. The molecule has 2 rings (SSSR count). The maximum absolute atomic E-state index is 12.3. The average Bonchev–Trinajstić information content (AvgIpc) is 2.59. The molecule has 0 aliphatic rings. The number of benzene rings is 2. The molecule has 4 heteroatoms. The fourth-order valence-corrected chi connectivity index (χ4v) is 2.62. The summed E-state index contributed by atoms with van der Waals surface area (Å²) in [6.07, 6.45) is 3.06. The molecule has 1 N–H and O–H groups in total. The first-order chi connectivity index (χ1) is 12.1. The molecule has 2 aromatic rings. The minimum Gasteiger partial charge on any atom is -0.493 e. The van der Waals surface area contributed by atoms with Crippen molar-refractivity contribution in [1.29, 1.82) is 0 Å². The van der Waals surface area contributed by atoms with Crippen LogP contribution < -0.4 is 10.1 Å². The van der Waals surface area contributed by atoms with Crippen molar-refractivity contribution in [1.82, 2.24) is 0 Å². The lowest BCUT2D eigenvalue weighted by Gasteiger charge is -2.13. The van der Waals surface area contributed by atoms with Crippen molar-refractivity contribution in [3.8, 4) is 5.75 Å². The zero-order valence-corrected chi connectivity index (χ0v) is 14.9.